The molecule has 0 aliphatic heterocycles. The highest BCUT2D eigenvalue weighted by Gasteiger charge is 2.36. The molecule has 140 valence electrons. The number of alkyl halides is 2. The van der Waals surface area contributed by atoms with Crippen LogP contribution < -0.4 is 4.74 Å². The van der Waals surface area contributed by atoms with E-state index < -0.39 is 44.6 Å². The lowest BCUT2D eigenvalue weighted by molar-refractivity contribution is 0.234. The average molecular weight is 390 g/mol. The van der Waals surface area contributed by atoms with Gasteiger partial charge in [0.1, 0.15) is 23.1 Å². The molecule has 1 atom stereocenters. The first-order valence-corrected chi connectivity index (χ1v) is 9.21. The van der Waals surface area contributed by atoms with Crippen molar-refractivity contribution in [3.8, 4) is 11.5 Å². The number of rotatable bonds is 5. The van der Waals surface area contributed by atoms with Gasteiger partial charge in [-0.1, -0.05) is 0 Å². The van der Waals surface area contributed by atoms with Gasteiger partial charge in [-0.3, -0.25) is 0 Å². The number of sulfone groups is 1. The van der Waals surface area contributed by atoms with E-state index in [-0.39, 0.29) is 23.5 Å². The Bertz CT molecular complexity index is 924. The van der Waals surface area contributed by atoms with Crippen LogP contribution in [0, 0.1) is 11.6 Å². The predicted octanol–water partition coefficient (Wildman–Crippen LogP) is 3.78. The minimum atomic E-state index is -4.87. The van der Waals surface area contributed by atoms with Crippen LogP contribution in [-0.4, -0.2) is 25.9 Å². The molecule has 0 aromatic heterocycles. The van der Waals surface area contributed by atoms with Crippen molar-refractivity contribution in [1.29, 1.82) is 0 Å². The number of hydrogen-bond acceptors (Lipinski definition) is 4. The van der Waals surface area contributed by atoms with Crippen molar-refractivity contribution in [1.82, 2.24) is 0 Å². The van der Waals surface area contributed by atoms with Crippen LogP contribution >= 0.6 is 0 Å². The summed E-state index contributed by atoms with van der Waals surface area (Å²) >= 11 is 0. The molecule has 0 bridgehead atoms. The van der Waals surface area contributed by atoms with Crippen molar-refractivity contribution in [3.63, 3.8) is 0 Å². The highest BCUT2D eigenvalue weighted by molar-refractivity contribution is 7.91. The zero-order valence-corrected chi connectivity index (χ0v) is 14.1. The quantitative estimate of drug-likeness (QED) is 0.790. The fourth-order valence-corrected chi connectivity index (χ4v) is 4.17. The summed E-state index contributed by atoms with van der Waals surface area (Å²) in [4.78, 5) is -0.558. The van der Waals surface area contributed by atoms with Crippen LogP contribution in [0.25, 0.3) is 0 Å². The molecule has 1 unspecified atom stereocenters. The topological polar surface area (TPSA) is 63.6 Å². The van der Waals surface area contributed by atoms with Gasteiger partial charge in [-0.15, -0.1) is 0 Å². The average Bonchev–Trinajstić information content (AvgIpc) is 2.98. The van der Waals surface area contributed by atoms with Crippen molar-refractivity contribution in [2.24, 2.45) is 0 Å². The van der Waals surface area contributed by atoms with Gasteiger partial charge in [-0.2, -0.15) is 8.78 Å². The molecular weight excluding hydrogens is 376 g/mol. The van der Waals surface area contributed by atoms with E-state index in [0.29, 0.717) is 18.1 Å². The van der Waals surface area contributed by atoms with Crippen LogP contribution in [0.1, 0.15) is 23.5 Å². The van der Waals surface area contributed by atoms with E-state index in [0.717, 1.165) is 18.2 Å². The summed E-state index contributed by atoms with van der Waals surface area (Å²) in [6.07, 6.45) is 0.621. The normalized spacial score (nSPS) is 16.8. The Balaban J connectivity index is 2.11. The molecule has 0 saturated carbocycles. The SMILES string of the molecule is O=S(=O)(c1ccc(Oc2cc(F)cc(F)c2)c2c1C(CO)CC2)C(F)F. The second kappa shape index (κ2) is 6.88. The molecule has 1 N–H and O–H groups in total. The lowest BCUT2D eigenvalue weighted by atomic mass is 10.0. The molecule has 2 aromatic rings. The van der Waals surface area contributed by atoms with Crippen molar-refractivity contribution in [2.45, 2.75) is 29.4 Å². The Morgan fingerprint density at radius 3 is 2.38 bits per heavy atom. The minimum absolute atomic E-state index is 0.0715. The number of aliphatic hydroxyl groups excluding tert-OH is 1. The highest BCUT2D eigenvalue weighted by Crippen LogP contribution is 2.44. The Labute approximate surface area is 147 Å². The monoisotopic (exact) mass is 390 g/mol. The summed E-state index contributed by atoms with van der Waals surface area (Å²) in [5.74, 6) is -6.00. The number of benzene rings is 2. The van der Waals surface area contributed by atoms with E-state index in [1.165, 1.54) is 6.07 Å². The van der Waals surface area contributed by atoms with Gasteiger partial charge in [0.2, 0.25) is 9.84 Å². The third-order valence-electron chi connectivity index (χ3n) is 4.25. The van der Waals surface area contributed by atoms with Crippen LogP contribution in [0.3, 0.4) is 0 Å². The minimum Gasteiger partial charge on any atom is -0.457 e. The first-order valence-electron chi connectivity index (χ1n) is 7.66. The van der Waals surface area contributed by atoms with Gasteiger partial charge < -0.3 is 9.84 Å². The Morgan fingerprint density at radius 1 is 1.15 bits per heavy atom. The van der Waals surface area contributed by atoms with E-state index in [4.69, 9.17) is 4.74 Å². The summed E-state index contributed by atoms with van der Waals surface area (Å²) in [7, 11) is -4.87. The molecule has 0 amide bonds. The van der Waals surface area contributed by atoms with Gasteiger partial charge in [0, 0.05) is 30.7 Å². The van der Waals surface area contributed by atoms with Crippen molar-refractivity contribution >= 4 is 9.84 Å². The molecule has 0 fully saturated rings. The lowest BCUT2D eigenvalue weighted by Gasteiger charge is -2.17. The molecule has 1 aliphatic rings. The third kappa shape index (κ3) is 3.28. The Kier molecular flexibility index (Phi) is 4.94. The second-order valence-electron chi connectivity index (χ2n) is 5.89. The summed E-state index contributed by atoms with van der Waals surface area (Å²) < 4.78 is 81.9. The van der Waals surface area contributed by atoms with Crippen molar-refractivity contribution < 1.29 is 35.8 Å². The first kappa shape index (κ1) is 18.7. The predicted molar refractivity (Wildman–Crippen MR) is 84.2 cm³/mol. The van der Waals surface area contributed by atoms with E-state index in [9.17, 15) is 31.1 Å². The third-order valence-corrected chi connectivity index (χ3v) is 5.69. The summed E-state index contributed by atoms with van der Waals surface area (Å²) in [6.45, 7) is -0.420. The second-order valence-corrected chi connectivity index (χ2v) is 7.77. The highest BCUT2D eigenvalue weighted by atomic mass is 32.2. The van der Waals surface area contributed by atoms with Gasteiger partial charge in [-0.25, -0.2) is 17.2 Å². The number of halogens is 4. The molecule has 9 heteroatoms. The number of ether oxygens (including phenoxy) is 1. The Hall–Kier alpha value is -2.13. The smallest absolute Gasteiger partial charge is 0.341 e. The first-order chi connectivity index (χ1) is 12.2. The van der Waals surface area contributed by atoms with Gasteiger partial charge in [0.05, 0.1) is 4.90 Å². The lowest BCUT2D eigenvalue weighted by Crippen LogP contribution is -2.16. The molecule has 1 aliphatic carbocycles. The number of aliphatic hydroxyl groups is 1. The number of fused-ring (bicyclic) bond motifs is 1. The Morgan fingerprint density at radius 2 is 1.81 bits per heavy atom. The molecule has 2 aromatic carbocycles. The fourth-order valence-electron chi connectivity index (χ4n) is 3.13. The number of hydrogen-bond donors (Lipinski definition) is 1. The maximum Gasteiger partial charge on any atom is 0.341 e. The van der Waals surface area contributed by atoms with Crippen molar-refractivity contribution in [2.75, 3.05) is 6.61 Å². The maximum absolute atomic E-state index is 13.3. The van der Waals surface area contributed by atoms with E-state index in [1.807, 2.05) is 0 Å². The van der Waals surface area contributed by atoms with Crippen LogP contribution in [-0.2, 0) is 16.3 Å². The van der Waals surface area contributed by atoms with Gasteiger partial charge in [0.15, 0.2) is 0 Å². The van der Waals surface area contributed by atoms with E-state index >= 15 is 0 Å². The molecule has 0 heterocycles. The molecule has 26 heavy (non-hydrogen) atoms. The fraction of sp³-hybridized carbons (Fsp3) is 0.294. The van der Waals surface area contributed by atoms with Gasteiger partial charge in [0.25, 0.3) is 0 Å². The summed E-state index contributed by atoms with van der Waals surface area (Å²) in [5, 5.41) is 9.47. The maximum atomic E-state index is 13.3. The van der Waals surface area contributed by atoms with E-state index in [2.05, 4.69) is 0 Å². The molecule has 0 spiro atoms. The van der Waals surface area contributed by atoms with Crippen LogP contribution in [0.5, 0.6) is 11.5 Å². The molecular formula is C17H14F4O4S. The van der Waals surface area contributed by atoms with Crippen LogP contribution in [0.15, 0.2) is 35.2 Å². The van der Waals surface area contributed by atoms with Crippen LogP contribution in [0.2, 0.25) is 0 Å². The zero-order valence-electron chi connectivity index (χ0n) is 13.3. The van der Waals surface area contributed by atoms with Gasteiger partial charge in [-0.05, 0) is 36.1 Å². The molecule has 3 rings (SSSR count). The van der Waals surface area contributed by atoms with Gasteiger partial charge >= 0.3 is 5.76 Å². The standard InChI is InChI=1S/C17H14F4O4S/c18-10-5-11(19)7-12(6-10)25-14-3-4-15(26(23,24)17(20)21)16-9(8-22)1-2-13(14)16/h3-7,9,17,22H,1-2,8H2. The molecule has 4 nitrogen and oxygen atoms in total. The summed E-state index contributed by atoms with van der Waals surface area (Å²) in [5.41, 5.74) is 0.401. The van der Waals surface area contributed by atoms with Crippen LogP contribution in [0.4, 0.5) is 17.6 Å². The summed E-state index contributed by atoms with van der Waals surface area (Å²) in [6, 6.07) is 4.70. The largest absolute Gasteiger partial charge is 0.457 e. The van der Waals surface area contributed by atoms with Crippen molar-refractivity contribution in [3.05, 3.63) is 53.1 Å². The zero-order chi connectivity index (χ0) is 19.1. The molecule has 0 saturated heterocycles. The van der Waals surface area contributed by atoms with E-state index in [1.54, 1.807) is 0 Å². The molecule has 0 radical (unpaired) electrons.